The first kappa shape index (κ1) is 17.2. The first-order chi connectivity index (χ1) is 12.6. The number of hydrogen-bond acceptors (Lipinski definition) is 3. The molecule has 4 rings (SSSR count). The van der Waals surface area contributed by atoms with E-state index in [1.165, 1.54) is 0 Å². The van der Waals surface area contributed by atoms with E-state index in [1.807, 2.05) is 36.4 Å². The third kappa shape index (κ3) is 3.15. The van der Waals surface area contributed by atoms with Crippen LogP contribution >= 0.6 is 0 Å². The van der Waals surface area contributed by atoms with Gasteiger partial charge in [0.05, 0.1) is 4.90 Å². The van der Waals surface area contributed by atoms with E-state index < -0.39 is 10.0 Å². The number of carbonyl (C=O) groups excluding carboxylic acids is 1. The lowest BCUT2D eigenvalue weighted by molar-refractivity contribution is 0.0734. The van der Waals surface area contributed by atoms with Crippen molar-refractivity contribution in [3.63, 3.8) is 0 Å². The minimum absolute atomic E-state index is 0.0101. The van der Waals surface area contributed by atoms with E-state index in [-0.39, 0.29) is 5.91 Å². The summed E-state index contributed by atoms with van der Waals surface area (Å²) in [5.74, 6) is -0.0101. The molecule has 2 heterocycles. The number of carbonyl (C=O) groups is 1. The van der Waals surface area contributed by atoms with Crippen LogP contribution in [-0.2, 0) is 23.0 Å². The molecule has 0 saturated carbocycles. The maximum Gasteiger partial charge on any atom is 0.254 e. The molecule has 5 nitrogen and oxygen atoms in total. The van der Waals surface area contributed by atoms with Crippen LogP contribution in [0.2, 0.25) is 0 Å². The number of sulfonamides is 1. The molecular formula is C20H22N2O3S. The smallest absolute Gasteiger partial charge is 0.254 e. The van der Waals surface area contributed by atoms with Crippen LogP contribution in [-0.4, -0.2) is 43.2 Å². The van der Waals surface area contributed by atoms with Gasteiger partial charge >= 0.3 is 0 Å². The SMILES string of the molecule is O=C(c1ccccc1)N1CCc2ccc(S(=O)(=O)N3CCCC3)cc2C1. The number of hydrogen-bond donors (Lipinski definition) is 0. The fourth-order valence-corrected chi connectivity index (χ4v) is 5.28. The molecule has 0 radical (unpaired) electrons. The van der Waals surface area contributed by atoms with Crippen LogP contribution in [0.3, 0.4) is 0 Å². The van der Waals surface area contributed by atoms with Crippen molar-refractivity contribution >= 4 is 15.9 Å². The summed E-state index contributed by atoms with van der Waals surface area (Å²) in [5.41, 5.74) is 2.72. The number of fused-ring (bicyclic) bond motifs is 1. The van der Waals surface area contributed by atoms with Crippen LogP contribution in [0.25, 0.3) is 0 Å². The van der Waals surface area contributed by atoms with Crippen molar-refractivity contribution in [1.29, 1.82) is 0 Å². The molecule has 2 aromatic carbocycles. The number of benzene rings is 2. The monoisotopic (exact) mass is 370 g/mol. The van der Waals surface area contributed by atoms with Crippen molar-refractivity contribution in [3.8, 4) is 0 Å². The Balaban J connectivity index is 1.59. The third-order valence-electron chi connectivity index (χ3n) is 5.20. The van der Waals surface area contributed by atoms with Gasteiger partial charge in [0.15, 0.2) is 0 Å². The highest BCUT2D eigenvalue weighted by Crippen LogP contribution is 2.27. The molecular weight excluding hydrogens is 348 g/mol. The van der Waals surface area contributed by atoms with Crippen LogP contribution in [0.5, 0.6) is 0 Å². The largest absolute Gasteiger partial charge is 0.334 e. The minimum Gasteiger partial charge on any atom is -0.334 e. The Morgan fingerprint density at radius 1 is 0.885 bits per heavy atom. The molecule has 0 bridgehead atoms. The summed E-state index contributed by atoms with van der Waals surface area (Å²) in [7, 11) is -3.43. The van der Waals surface area contributed by atoms with Crippen molar-refractivity contribution in [2.45, 2.75) is 30.7 Å². The standard InChI is InChI=1S/C20H22N2O3S/c23-20(17-6-2-1-3-7-17)21-13-10-16-8-9-19(14-18(16)15-21)26(24,25)22-11-4-5-12-22/h1-3,6-9,14H,4-5,10-13,15H2. The molecule has 2 aliphatic rings. The Morgan fingerprint density at radius 3 is 2.35 bits per heavy atom. The Morgan fingerprint density at radius 2 is 1.62 bits per heavy atom. The maximum absolute atomic E-state index is 12.8. The normalized spacial score (nSPS) is 17.9. The van der Waals surface area contributed by atoms with Crippen LogP contribution in [0.4, 0.5) is 0 Å². The van der Waals surface area contributed by atoms with Crippen LogP contribution in [0.15, 0.2) is 53.4 Å². The van der Waals surface area contributed by atoms with Gasteiger partial charge in [-0.3, -0.25) is 4.79 Å². The lowest BCUT2D eigenvalue weighted by atomic mass is 9.99. The summed E-state index contributed by atoms with van der Waals surface area (Å²) < 4.78 is 27.2. The van der Waals surface area contributed by atoms with E-state index in [1.54, 1.807) is 21.3 Å². The van der Waals surface area contributed by atoms with Gasteiger partial charge in [0.25, 0.3) is 5.91 Å². The molecule has 0 unspecified atom stereocenters. The second-order valence-corrected chi connectivity index (χ2v) is 8.82. The summed E-state index contributed by atoms with van der Waals surface area (Å²) in [5, 5.41) is 0. The highest BCUT2D eigenvalue weighted by atomic mass is 32.2. The predicted molar refractivity (Wildman–Crippen MR) is 99.3 cm³/mol. The quantitative estimate of drug-likeness (QED) is 0.835. The molecule has 6 heteroatoms. The van der Waals surface area contributed by atoms with Crippen LogP contribution in [0.1, 0.15) is 34.3 Å². The highest BCUT2D eigenvalue weighted by molar-refractivity contribution is 7.89. The van der Waals surface area contributed by atoms with Gasteiger partial charge in [-0.15, -0.1) is 0 Å². The molecule has 0 atom stereocenters. The van der Waals surface area contributed by atoms with Crippen molar-refractivity contribution in [3.05, 3.63) is 65.2 Å². The van der Waals surface area contributed by atoms with E-state index in [0.29, 0.717) is 36.6 Å². The van der Waals surface area contributed by atoms with Gasteiger partial charge < -0.3 is 4.90 Å². The lowest BCUT2D eigenvalue weighted by Gasteiger charge is -2.29. The molecule has 2 aliphatic heterocycles. The topological polar surface area (TPSA) is 57.7 Å². The second kappa shape index (κ2) is 6.85. The van der Waals surface area contributed by atoms with Gasteiger partial charge in [-0.25, -0.2) is 8.42 Å². The van der Waals surface area contributed by atoms with Gasteiger partial charge in [0.1, 0.15) is 0 Å². The zero-order valence-corrected chi connectivity index (χ0v) is 15.4. The van der Waals surface area contributed by atoms with Crippen molar-refractivity contribution in [1.82, 2.24) is 9.21 Å². The van der Waals surface area contributed by atoms with Crippen molar-refractivity contribution < 1.29 is 13.2 Å². The fourth-order valence-electron chi connectivity index (χ4n) is 3.71. The zero-order chi connectivity index (χ0) is 18.1. The molecule has 0 spiro atoms. The van der Waals surface area contributed by atoms with Crippen LogP contribution < -0.4 is 0 Å². The number of rotatable bonds is 3. The summed E-state index contributed by atoms with van der Waals surface area (Å²) >= 11 is 0. The van der Waals surface area contributed by atoms with E-state index in [9.17, 15) is 13.2 Å². The third-order valence-corrected chi connectivity index (χ3v) is 7.10. The molecule has 0 aliphatic carbocycles. The van der Waals surface area contributed by atoms with Gasteiger partial charge in [-0.1, -0.05) is 24.3 Å². The minimum atomic E-state index is -3.43. The molecule has 2 aromatic rings. The van der Waals surface area contributed by atoms with Gasteiger partial charge in [-0.05, 0) is 54.7 Å². The second-order valence-electron chi connectivity index (χ2n) is 6.88. The molecule has 136 valence electrons. The molecule has 26 heavy (non-hydrogen) atoms. The van der Waals surface area contributed by atoms with Crippen LogP contribution in [0, 0.1) is 0 Å². The summed E-state index contributed by atoms with van der Waals surface area (Å²) in [6.07, 6.45) is 2.59. The fraction of sp³-hybridized carbons (Fsp3) is 0.350. The van der Waals surface area contributed by atoms with Gasteiger partial charge in [0, 0.05) is 31.7 Å². The number of nitrogens with zero attached hydrogens (tertiary/aromatic N) is 2. The van der Waals surface area contributed by atoms with E-state index >= 15 is 0 Å². The van der Waals surface area contributed by atoms with Gasteiger partial charge in [-0.2, -0.15) is 4.31 Å². The predicted octanol–water partition coefficient (Wildman–Crippen LogP) is 2.67. The van der Waals surface area contributed by atoms with E-state index in [2.05, 4.69) is 0 Å². The van der Waals surface area contributed by atoms with Crippen molar-refractivity contribution in [2.75, 3.05) is 19.6 Å². The average molecular weight is 370 g/mol. The lowest BCUT2D eigenvalue weighted by Crippen LogP contribution is -2.36. The average Bonchev–Trinajstić information content (AvgIpc) is 3.23. The van der Waals surface area contributed by atoms with Crippen molar-refractivity contribution in [2.24, 2.45) is 0 Å². The van der Waals surface area contributed by atoms with E-state index in [4.69, 9.17) is 0 Å². The molecule has 1 saturated heterocycles. The molecule has 1 amide bonds. The molecule has 1 fully saturated rings. The number of amides is 1. The molecule has 0 aromatic heterocycles. The Kier molecular flexibility index (Phi) is 4.54. The summed E-state index contributed by atoms with van der Waals surface area (Å²) in [6, 6.07) is 14.6. The first-order valence-corrected chi connectivity index (χ1v) is 10.5. The highest BCUT2D eigenvalue weighted by Gasteiger charge is 2.29. The molecule has 0 N–H and O–H groups in total. The Bertz CT molecular complexity index is 919. The maximum atomic E-state index is 12.8. The van der Waals surface area contributed by atoms with E-state index in [0.717, 1.165) is 30.4 Å². The zero-order valence-electron chi connectivity index (χ0n) is 14.6. The summed E-state index contributed by atoms with van der Waals surface area (Å²) in [4.78, 5) is 14.8. The summed E-state index contributed by atoms with van der Waals surface area (Å²) in [6.45, 7) is 2.29. The van der Waals surface area contributed by atoms with Gasteiger partial charge in [0.2, 0.25) is 10.0 Å². The Hall–Kier alpha value is -2.18. The first-order valence-electron chi connectivity index (χ1n) is 9.02. The Labute approximate surface area is 154 Å².